The maximum absolute atomic E-state index is 8.65. The monoisotopic (exact) mass is 310 g/mol. The van der Waals surface area contributed by atoms with Gasteiger partial charge in [-0.15, -0.1) is 0 Å². The van der Waals surface area contributed by atoms with E-state index in [2.05, 4.69) is 0 Å². The van der Waals surface area contributed by atoms with E-state index in [9.17, 15) is 0 Å². The quantitative estimate of drug-likeness (QED) is 0.540. The van der Waals surface area contributed by atoms with Crippen molar-refractivity contribution in [2.24, 2.45) is 0 Å². The fourth-order valence-electron chi connectivity index (χ4n) is 1.79. The topological polar surface area (TPSA) is 102 Å². The third kappa shape index (κ3) is 5.51. The minimum Gasteiger partial charge on any atom is -0.508 e. The van der Waals surface area contributed by atoms with Gasteiger partial charge in [0.25, 0.3) is 0 Å². The summed E-state index contributed by atoms with van der Waals surface area (Å²) in [7, 11) is 0. The molecule has 0 aromatic heterocycles. The molecule has 0 atom stereocenters. The van der Waals surface area contributed by atoms with Crippen LogP contribution in [0.15, 0.2) is 72.8 Å². The molecule has 0 bridgehead atoms. The van der Waals surface area contributed by atoms with Gasteiger partial charge in [0.1, 0.15) is 23.0 Å². The molecule has 0 saturated carbocycles. The van der Waals surface area contributed by atoms with Crippen molar-refractivity contribution >= 4 is 11.4 Å². The predicted octanol–water partition coefficient (Wildman–Crippen LogP) is 3.74. The summed E-state index contributed by atoms with van der Waals surface area (Å²) < 4.78 is 5.58. The lowest BCUT2D eigenvalue weighted by Gasteiger charge is -2.06. The van der Waals surface area contributed by atoms with Crippen LogP contribution >= 0.6 is 0 Å². The Morgan fingerprint density at radius 3 is 1.39 bits per heavy atom. The van der Waals surface area contributed by atoms with Gasteiger partial charge in [-0.25, -0.2) is 0 Å². The van der Waals surface area contributed by atoms with E-state index < -0.39 is 0 Å². The van der Waals surface area contributed by atoms with E-state index >= 15 is 0 Å². The fraction of sp³-hybridized carbons (Fsp3) is 0. The standard InChI is InChI=1S/C12H12N2O.C6H6O2/c13-9-3-1-5-11(7-9)15-12-6-2-4-10(14)8-12;7-5-2-1-3-6(8)4-5/h1-8H,13-14H2;1-4,7-8H. The van der Waals surface area contributed by atoms with Gasteiger partial charge in [-0.3, -0.25) is 0 Å². The molecule has 0 aliphatic rings. The lowest BCUT2D eigenvalue weighted by molar-refractivity contribution is 0.450. The Labute approximate surface area is 134 Å². The van der Waals surface area contributed by atoms with Crippen LogP contribution in [0.3, 0.4) is 0 Å². The fourth-order valence-corrected chi connectivity index (χ4v) is 1.79. The summed E-state index contributed by atoms with van der Waals surface area (Å²) in [5.41, 5.74) is 12.6. The first-order valence-electron chi connectivity index (χ1n) is 6.90. The zero-order valence-electron chi connectivity index (χ0n) is 12.4. The first-order valence-corrected chi connectivity index (χ1v) is 6.90. The molecule has 0 aliphatic heterocycles. The van der Waals surface area contributed by atoms with Crippen molar-refractivity contribution in [1.29, 1.82) is 0 Å². The van der Waals surface area contributed by atoms with Crippen molar-refractivity contribution in [3.05, 3.63) is 72.8 Å². The number of rotatable bonds is 2. The smallest absolute Gasteiger partial charge is 0.129 e. The Balaban J connectivity index is 0.000000203. The lowest BCUT2D eigenvalue weighted by Crippen LogP contribution is -1.89. The van der Waals surface area contributed by atoms with Crippen molar-refractivity contribution in [3.8, 4) is 23.0 Å². The first-order chi connectivity index (χ1) is 11.0. The molecule has 23 heavy (non-hydrogen) atoms. The van der Waals surface area contributed by atoms with Gasteiger partial charge < -0.3 is 26.4 Å². The highest BCUT2D eigenvalue weighted by molar-refractivity contribution is 5.48. The van der Waals surface area contributed by atoms with Crippen LogP contribution in [0.2, 0.25) is 0 Å². The van der Waals surface area contributed by atoms with Crippen molar-refractivity contribution in [3.63, 3.8) is 0 Å². The molecule has 3 aromatic carbocycles. The number of phenolic OH excluding ortho intramolecular Hbond substituents is 2. The predicted molar refractivity (Wildman–Crippen MR) is 91.6 cm³/mol. The molecule has 0 fully saturated rings. The second-order valence-electron chi connectivity index (χ2n) is 4.77. The molecule has 0 radical (unpaired) electrons. The SMILES string of the molecule is Nc1cccc(Oc2cccc(N)c2)c1.Oc1cccc(O)c1. The van der Waals surface area contributed by atoms with Gasteiger partial charge in [0.15, 0.2) is 0 Å². The highest BCUT2D eigenvalue weighted by Gasteiger charge is 1.97. The van der Waals surface area contributed by atoms with Gasteiger partial charge in [-0.1, -0.05) is 18.2 Å². The number of phenols is 2. The van der Waals surface area contributed by atoms with E-state index in [1.807, 2.05) is 36.4 Å². The molecule has 3 aromatic rings. The Morgan fingerprint density at radius 2 is 1.04 bits per heavy atom. The van der Waals surface area contributed by atoms with Crippen molar-refractivity contribution in [2.75, 3.05) is 11.5 Å². The number of aromatic hydroxyl groups is 2. The Hall–Kier alpha value is -3.34. The molecule has 6 N–H and O–H groups in total. The lowest BCUT2D eigenvalue weighted by atomic mass is 10.3. The number of hydrogen-bond acceptors (Lipinski definition) is 5. The zero-order chi connectivity index (χ0) is 16.7. The largest absolute Gasteiger partial charge is 0.508 e. The third-order valence-electron chi connectivity index (χ3n) is 2.78. The number of hydrogen-bond donors (Lipinski definition) is 4. The number of nitrogens with two attached hydrogens (primary N) is 2. The minimum atomic E-state index is 0.0880. The van der Waals surface area contributed by atoms with Crippen LogP contribution in [-0.2, 0) is 0 Å². The molecular weight excluding hydrogens is 292 g/mol. The van der Waals surface area contributed by atoms with Crippen LogP contribution in [0.1, 0.15) is 0 Å². The normalized spacial score (nSPS) is 9.57. The van der Waals surface area contributed by atoms with Gasteiger partial charge >= 0.3 is 0 Å². The Morgan fingerprint density at radius 1 is 0.609 bits per heavy atom. The summed E-state index contributed by atoms with van der Waals surface area (Å²) in [6, 6.07) is 20.4. The third-order valence-corrected chi connectivity index (χ3v) is 2.78. The summed E-state index contributed by atoms with van der Waals surface area (Å²) in [6.07, 6.45) is 0. The average Bonchev–Trinajstić information content (AvgIpc) is 2.47. The Bertz CT molecular complexity index is 715. The summed E-state index contributed by atoms with van der Waals surface area (Å²) in [5, 5.41) is 17.3. The summed E-state index contributed by atoms with van der Waals surface area (Å²) in [4.78, 5) is 0. The second kappa shape index (κ2) is 7.61. The van der Waals surface area contributed by atoms with Crippen molar-refractivity contribution < 1.29 is 14.9 Å². The molecule has 118 valence electrons. The average molecular weight is 310 g/mol. The van der Waals surface area contributed by atoms with Gasteiger partial charge in [-0.05, 0) is 36.4 Å². The van der Waals surface area contributed by atoms with Crippen LogP contribution in [0.4, 0.5) is 11.4 Å². The number of benzene rings is 3. The van der Waals surface area contributed by atoms with Crippen LogP contribution < -0.4 is 16.2 Å². The van der Waals surface area contributed by atoms with Gasteiger partial charge in [-0.2, -0.15) is 0 Å². The van der Waals surface area contributed by atoms with Crippen LogP contribution in [0.5, 0.6) is 23.0 Å². The van der Waals surface area contributed by atoms with E-state index in [1.54, 1.807) is 18.2 Å². The Kier molecular flexibility index (Phi) is 5.30. The van der Waals surface area contributed by atoms with Crippen molar-refractivity contribution in [1.82, 2.24) is 0 Å². The zero-order valence-corrected chi connectivity index (χ0v) is 12.4. The van der Waals surface area contributed by atoms with Gasteiger partial charge in [0.2, 0.25) is 0 Å². The van der Waals surface area contributed by atoms with Crippen LogP contribution in [-0.4, -0.2) is 10.2 Å². The maximum Gasteiger partial charge on any atom is 0.129 e. The van der Waals surface area contributed by atoms with Crippen LogP contribution in [0, 0.1) is 0 Å². The van der Waals surface area contributed by atoms with Gasteiger partial charge in [0.05, 0.1) is 0 Å². The first kappa shape index (κ1) is 16.0. The molecule has 0 unspecified atom stereocenters. The molecule has 3 rings (SSSR count). The summed E-state index contributed by atoms with van der Waals surface area (Å²) >= 11 is 0. The number of nitrogen functional groups attached to an aromatic ring is 2. The molecule has 5 heteroatoms. The van der Waals surface area contributed by atoms with E-state index in [4.69, 9.17) is 26.4 Å². The molecule has 0 amide bonds. The maximum atomic E-state index is 8.65. The molecule has 0 aliphatic carbocycles. The highest BCUT2D eigenvalue weighted by Crippen LogP contribution is 2.24. The van der Waals surface area contributed by atoms with Gasteiger partial charge in [0, 0.05) is 29.6 Å². The van der Waals surface area contributed by atoms with E-state index in [0.717, 1.165) is 0 Å². The van der Waals surface area contributed by atoms with E-state index in [1.165, 1.54) is 18.2 Å². The number of anilines is 2. The van der Waals surface area contributed by atoms with Crippen LogP contribution in [0.25, 0.3) is 0 Å². The molecular formula is C18H18N2O3. The molecule has 0 saturated heterocycles. The summed E-state index contributed by atoms with van der Waals surface area (Å²) in [5.74, 6) is 1.59. The minimum absolute atomic E-state index is 0.0880. The van der Waals surface area contributed by atoms with Crippen molar-refractivity contribution in [2.45, 2.75) is 0 Å². The number of ether oxygens (including phenoxy) is 1. The highest BCUT2D eigenvalue weighted by atomic mass is 16.5. The second-order valence-corrected chi connectivity index (χ2v) is 4.77. The van der Waals surface area contributed by atoms with E-state index in [0.29, 0.717) is 22.9 Å². The van der Waals surface area contributed by atoms with E-state index in [-0.39, 0.29) is 11.5 Å². The molecule has 0 heterocycles. The molecule has 0 spiro atoms. The molecule has 5 nitrogen and oxygen atoms in total. The summed E-state index contributed by atoms with van der Waals surface area (Å²) in [6.45, 7) is 0.